The fraction of sp³-hybridized carbons (Fsp3) is 0.214. The number of rotatable bonds is 1. The van der Waals surface area contributed by atoms with Gasteiger partial charge in [-0.15, -0.1) is 11.8 Å². The van der Waals surface area contributed by atoms with E-state index in [0.29, 0.717) is 17.4 Å². The average molecular weight is 319 g/mol. The molecule has 0 fully saturated rings. The minimum atomic E-state index is -0.143. The predicted octanol–water partition coefficient (Wildman–Crippen LogP) is 3.30. The zero-order valence-corrected chi connectivity index (χ0v) is 12.5. The Hall–Kier alpha value is -1.63. The van der Waals surface area contributed by atoms with Crippen molar-refractivity contribution < 1.29 is 4.74 Å². The number of benzene rings is 1. The summed E-state index contributed by atoms with van der Waals surface area (Å²) in [6.45, 7) is 0.568. The molecule has 0 bridgehead atoms. The largest absolute Gasteiger partial charge is 0.352 e. The normalized spacial score (nSPS) is 18.4. The standard InChI is InChI=1S/C14H11ClN4OS/c15-13-12-14(17-7-16-13)18-8-19(12)11-6-21-10-4-2-1-3-9(10)5-20-11/h1-4,7-8,11H,5-6H2. The quantitative estimate of drug-likeness (QED) is 0.644. The third kappa shape index (κ3) is 2.29. The van der Waals surface area contributed by atoms with Crippen molar-refractivity contribution in [2.75, 3.05) is 5.75 Å². The van der Waals surface area contributed by atoms with E-state index in [2.05, 4.69) is 27.1 Å². The SMILES string of the molecule is Clc1ncnc2ncn(C3CSc4ccccc4CO3)c12. The van der Waals surface area contributed by atoms with E-state index in [9.17, 15) is 0 Å². The number of hydrogen-bond acceptors (Lipinski definition) is 5. The summed E-state index contributed by atoms with van der Waals surface area (Å²) < 4.78 is 7.94. The fourth-order valence-electron chi connectivity index (χ4n) is 2.38. The summed E-state index contributed by atoms with van der Waals surface area (Å²) in [4.78, 5) is 13.7. The molecule has 0 amide bonds. The lowest BCUT2D eigenvalue weighted by atomic mass is 10.2. The van der Waals surface area contributed by atoms with Gasteiger partial charge in [0.25, 0.3) is 0 Å². The molecule has 1 unspecified atom stereocenters. The molecular weight excluding hydrogens is 308 g/mol. The maximum atomic E-state index is 6.18. The van der Waals surface area contributed by atoms with E-state index >= 15 is 0 Å². The van der Waals surface area contributed by atoms with Crippen LogP contribution in [-0.2, 0) is 11.3 Å². The van der Waals surface area contributed by atoms with Gasteiger partial charge in [-0.2, -0.15) is 0 Å². The van der Waals surface area contributed by atoms with Crippen molar-refractivity contribution in [3.05, 3.63) is 47.6 Å². The molecule has 21 heavy (non-hydrogen) atoms. The van der Waals surface area contributed by atoms with Crippen molar-refractivity contribution in [3.63, 3.8) is 0 Å². The second-order valence-electron chi connectivity index (χ2n) is 4.67. The Morgan fingerprint density at radius 1 is 1.24 bits per heavy atom. The first-order valence-corrected chi connectivity index (χ1v) is 7.84. The molecule has 0 saturated carbocycles. The van der Waals surface area contributed by atoms with E-state index in [-0.39, 0.29) is 6.23 Å². The maximum absolute atomic E-state index is 6.18. The van der Waals surface area contributed by atoms with Crippen molar-refractivity contribution in [1.82, 2.24) is 19.5 Å². The van der Waals surface area contributed by atoms with Gasteiger partial charge in [-0.25, -0.2) is 15.0 Å². The summed E-state index contributed by atoms with van der Waals surface area (Å²) in [6, 6.07) is 8.28. The van der Waals surface area contributed by atoms with Crippen LogP contribution in [0.2, 0.25) is 5.15 Å². The van der Waals surface area contributed by atoms with Crippen LogP contribution in [0.1, 0.15) is 11.8 Å². The van der Waals surface area contributed by atoms with Gasteiger partial charge in [-0.3, -0.25) is 4.57 Å². The minimum absolute atomic E-state index is 0.143. The highest BCUT2D eigenvalue weighted by Gasteiger charge is 2.21. The molecule has 5 nitrogen and oxygen atoms in total. The van der Waals surface area contributed by atoms with Crippen molar-refractivity contribution in [2.24, 2.45) is 0 Å². The third-order valence-corrected chi connectivity index (χ3v) is 4.85. The van der Waals surface area contributed by atoms with E-state index in [1.807, 2.05) is 16.7 Å². The Bertz CT molecular complexity index is 780. The summed E-state index contributed by atoms with van der Waals surface area (Å²) >= 11 is 7.95. The number of thioether (sulfide) groups is 1. The first-order valence-electron chi connectivity index (χ1n) is 6.48. The third-order valence-electron chi connectivity index (χ3n) is 3.42. The van der Waals surface area contributed by atoms with Crippen LogP contribution >= 0.6 is 23.4 Å². The van der Waals surface area contributed by atoms with Gasteiger partial charge in [0.15, 0.2) is 10.8 Å². The van der Waals surface area contributed by atoms with Crippen molar-refractivity contribution in [1.29, 1.82) is 0 Å². The van der Waals surface area contributed by atoms with E-state index in [4.69, 9.17) is 16.3 Å². The molecular formula is C14H11ClN4OS. The monoisotopic (exact) mass is 318 g/mol. The molecule has 4 rings (SSSR count). The molecule has 1 aliphatic heterocycles. The van der Waals surface area contributed by atoms with E-state index < -0.39 is 0 Å². The second-order valence-corrected chi connectivity index (χ2v) is 6.09. The fourth-order valence-corrected chi connectivity index (χ4v) is 3.67. The molecule has 0 aliphatic carbocycles. The van der Waals surface area contributed by atoms with Crippen LogP contribution in [0.15, 0.2) is 41.8 Å². The summed E-state index contributed by atoms with van der Waals surface area (Å²) in [5, 5.41) is 0.396. The average Bonchev–Trinajstić information content (AvgIpc) is 2.83. The lowest BCUT2D eigenvalue weighted by Crippen LogP contribution is -2.13. The number of aromatic nitrogens is 4. The Morgan fingerprint density at radius 2 is 2.14 bits per heavy atom. The highest BCUT2D eigenvalue weighted by Crippen LogP contribution is 2.33. The Morgan fingerprint density at radius 3 is 3.10 bits per heavy atom. The lowest BCUT2D eigenvalue weighted by molar-refractivity contribution is 0.0110. The zero-order chi connectivity index (χ0) is 14.2. The first kappa shape index (κ1) is 13.1. The molecule has 0 N–H and O–H groups in total. The molecule has 3 aromatic rings. The number of halogens is 1. The summed E-state index contributed by atoms with van der Waals surface area (Å²) in [5.74, 6) is 0.785. The van der Waals surface area contributed by atoms with Gasteiger partial charge in [0, 0.05) is 10.6 Å². The topological polar surface area (TPSA) is 52.8 Å². The number of imidazole rings is 1. The predicted molar refractivity (Wildman–Crippen MR) is 81.3 cm³/mol. The van der Waals surface area contributed by atoms with Gasteiger partial charge < -0.3 is 4.74 Å². The molecule has 0 saturated heterocycles. The van der Waals surface area contributed by atoms with Crippen LogP contribution in [0, 0.1) is 0 Å². The van der Waals surface area contributed by atoms with Crippen molar-refractivity contribution in [3.8, 4) is 0 Å². The molecule has 0 radical (unpaired) electrons. The van der Waals surface area contributed by atoms with Crippen LogP contribution in [0.4, 0.5) is 0 Å². The molecule has 1 atom stereocenters. The van der Waals surface area contributed by atoms with Crippen LogP contribution in [0.25, 0.3) is 11.2 Å². The lowest BCUT2D eigenvalue weighted by Gasteiger charge is -2.16. The number of ether oxygens (including phenoxy) is 1. The van der Waals surface area contributed by atoms with E-state index in [1.165, 1.54) is 16.8 Å². The van der Waals surface area contributed by atoms with Gasteiger partial charge >= 0.3 is 0 Å². The number of nitrogens with zero attached hydrogens (tertiary/aromatic N) is 4. The van der Waals surface area contributed by atoms with Gasteiger partial charge in [0.1, 0.15) is 18.1 Å². The van der Waals surface area contributed by atoms with Gasteiger partial charge in [0.2, 0.25) is 0 Å². The second kappa shape index (κ2) is 5.29. The summed E-state index contributed by atoms with van der Waals surface area (Å²) in [5.41, 5.74) is 2.51. The van der Waals surface area contributed by atoms with Crippen LogP contribution < -0.4 is 0 Å². The Kier molecular flexibility index (Phi) is 3.29. The molecule has 7 heteroatoms. The van der Waals surface area contributed by atoms with E-state index in [0.717, 1.165) is 11.3 Å². The summed E-state index contributed by atoms with van der Waals surface area (Å²) in [7, 11) is 0. The smallest absolute Gasteiger partial charge is 0.182 e. The highest BCUT2D eigenvalue weighted by atomic mass is 35.5. The maximum Gasteiger partial charge on any atom is 0.182 e. The molecule has 106 valence electrons. The van der Waals surface area contributed by atoms with Gasteiger partial charge in [0.05, 0.1) is 12.9 Å². The zero-order valence-electron chi connectivity index (χ0n) is 10.9. The summed E-state index contributed by atoms with van der Waals surface area (Å²) in [6.07, 6.45) is 2.99. The van der Waals surface area contributed by atoms with Crippen LogP contribution in [-0.4, -0.2) is 25.3 Å². The minimum Gasteiger partial charge on any atom is -0.352 e. The van der Waals surface area contributed by atoms with Gasteiger partial charge in [-0.05, 0) is 11.6 Å². The Labute approximate surface area is 130 Å². The number of fused-ring (bicyclic) bond motifs is 2. The molecule has 1 aromatic carbocycles. The van der Waals surface area contributed by atoms with Crippen molar-refractivity contribution >= 4 is 34.5 Å². The highest BCUT2D eigenvalue weighted by molar-refractivity contribution is 7.99. The molecule has 3 heterocycles. The van der Waals surface area contributed by atoms with Crippen LogP contribution in [0.5, 0.6) is 0 Å². The number of hydrogen-bond donors (Lipinski definition) is 0. The molecule has 2 aromatic heterocycles. The van der Waals surface area contributed by atoms with Crippen molar-refractivity contribution in [2.45, 2.75) is 17.7 Å². The molecule has 1 aliphatic rings. The van der Waals surface area contributed by atoms with Crippen LogP contribution in [0.3, 0.4) is 0 Å². The molecule has 0 spiro atoms. The Balaban J connectivity index is 1.71. The van der Waals surface area contributed by atoms with Gasteiger partial charge in [-0.1, -0.05) is 29.8 Å². The van der Waals surface area contributed by atoms with E-state index in [1.54, 1.807) is 18.1 Å². The first-order chi connectivity index (χ1) is 10.3.